The topological polar surface area (TPSA) is 70.2 Å². The molecule has 0 saturated heterocycles. The van der Waals surface area contributed by atoms with Crippen LogP contribution in [-0.2, 0) is 5.41 Å². The molecule has 0 radical (unpaired) electrons. The third-order valence-electron chi connectivity index (χ3n) is 4.00. The molecule has 0 aliphatic rings. The van der Waals surface area contributed by atoms with E-state index in [1.165, 1.54) is 11.9 Å². The molecule has 6 nitrogen and oxygen atoms in total. The number of anilines is 2. The molecular formula is C20H29N5O. The first-order chi connectivity index (χ1) is 12.3. The van der Waals surface area contributed by atoms with Crippen molar-refractivity contribution >= 4 is 17.4 Å². The lowest BCUT2D eigenvalue weighted by Gasteiger charge is -2.19. The van der Waals surface area contributed by atoms with Crippen LogP contribution in [0.2, 0.25) is 0 Å². The van der Waals surface area contributed by atoms with Crippen molar-refractivity contribution in [1.82, 2.24) is 14.9 Å². The highest BCUT2D eigenvalue weighted by Crippen LogP contribution is 2.23. The lowest BCUT2D eigenvalue weighted by Crippen LogP contribution is -2.17. The van der Waals surface area contributed by atoms with E-state index in [-0.39, 0.29) is 11.3 Å². The molecule has 26 heavy (non-hydrogen) atoms. The van der Waals surface area contributed by atoms with Crippen LogP contribution < -0.4 is 10.6 Å². The molecule has 0 aliphatic heterocycles. The summed E-state index contributed by atoms with van der Waals surface area (Å²) >= 11 is 0. The molecule has 2 aromatic rings. The monoisotopic (exact) mass is 355 g/mol. The molecule has 0 aliphatic carbocycles. The lowest BCUT2D eigenvalue weighted by atomic mass is 9.87. The summed E-state index contributed by atoms with van der Waals surface area (Å²) in [7, 11) is 4.09. The number of aromatic nitrogens is 2. The number of nitrogens with one attached hydrogen (secondary N) is 2. The molecule has 1 aromatic carbocycles. The van der Waals surface area contributed by atoms with Crippen LogP contribution in [0.1, 0.15) is 43.2 Å². The van der Waals surface area contributed by atoms with Crippen LogP contribution in [-0.4, -0.2) is 48.0 Å². The van der Waals surface area contributed by atoms with Crippen LogP contribution in [0.3, 0.4) is 0 Å². The Labute approximate surface area is 156 Å². The minimum Gasteiger partial charge on any atom is -0.370 e. The van der Waals surface area contributed by atoms with Gasteiger partial charge in [-0.1, -0.05) is 32.9 Å². The van der Waals surface area contributed by atoms with Crippen LogP contribution in [0.4, 0.5) is 11.5 Å². The molecule has 0 unspecified atom stereocenters. The molecule has 0 fully saturated rings. The smallest absolute Gasteiger partial charge is 0.274 e. The van der Waals surface area contributed by atoms with E-state index < -0.39 is 0 Å². The molecule has 2 N–H and O–H groups in total. The molecule has 0 atom stereocenters. The molecule has 0 spiro atoms. The second kappa shape index (κ2) is 8.76. The summed E-state index contributed by atoms with van der Waals surface area (Å²) in [5.41, 5.74) is 2.40. The molecule has 0 bridgehead atoms. The van der Waals surface area contributed by atoms with Crippen molar-refractivity contribution in [3.8, 4) is 0 Å². The summed E-state index contributed by atoms with van der Waals surface area (Å²) in [6.45, 7) is 8.28. The third-order valence-corrected chi connectivity index (χ3v) is 4.00. The van der Waals surface area contributed by atoms with Crippen LogP contribution in [0.5, 0.6) is 0 Å². The normalized spacial score (nSPS) is 11.5. The van der Waals surface area contributed by atoms with E-state index in [1.807, 2.05) is 38.4 Å². The summed E-state index contributed by atoms with van der Waals surface area (Å²) in [5, 5.41) is 6.11. The summed E-state index contributed by atoms with van der Waals surface area (Å²) < 4.78 is 0. The molecule has 1 amide bonds. The van der Waals surface area contributed by atoms with Gasteiger partial charge in [-0.25, -0.2) is 9.97 Å². The highest BCUT2D eigenvalue weighted by Gasteiger charge is 2.14. The number of carbonyl (C=O) groups is 1. The van der Waals surface area contributed by atoms with Gasteiger partial charge in [0.2, 0.25) is 0 Å². The van der Waals surface area contributed by atoms with Gasteiger partial charge in [0.25, 0.3) is 5.91 Å². The van der Waals surface area contributed by atoms with Gasteiger partial charge < -0.3 is 15.5 Å². The predicted molar refractivity (Wildman–Crippen MR) is 107 cm³/mol. The quantitative estimate of drug-likeness (QED) is 0.745. The first kappa shape index (κ1) is 19.8. The average molecular weight is 355 g/mol. The number of carbonyl (C=O) groups excluding carboxylic acids is 1. The van der Waals surface area contributed by atoms with Gasteiger partial charge in [-0.3, -0.25) is 4.79 Å². The van der Waals surface area contributed by atoms with E-state index in [0.717, 1.165) is 25.2 Å². The summed E-state index contributed by atoms with van der Waals surface area (Å²) in [5.74, 6) is 0.416. The van der Waals surface area contributed by atoms with Crippen molar-refractivity contribution in [2.75, 3.05) is 37.8 Å². The Balaban J connectivity index is 1.96. The van der Waals surface area contributed by atoms with Gasteiger partial charge in [0, 0.05) is 18.3 Å². The zero-order chi connectivity index (χ0) is 19.2. The second-order valence-electron chi connectivity index (χ2n) is 7.65. The van der Waals surface area contributed by atoms with Crippen molar-refractivity contribution in [1.29, 1.82) is 0 Å². The lowest BCUT2D eigenvalue weighted by molar-refractivity contribution is 0.102. The average Bonchev–Trinajstić information content (AvgIpc) is 2.58. The molecule has 0 saturated carbocycles. The van der Waals surface area contributed by atoms with Crippen LogP contribution in [0, 0.1) is 0 Å². The number of benzene rings is 1. The van der Waals surface area contributed by atoms with Gasteiger partial charge in [-0.05, 0) is 50.2 Å². The number of nitrogens with zero attached hydrogens (tertiary/aromatic N) is 3. The molecule has 140 valence electrons. The van der Waals surface area contributed by atoms with Crippen LogP contribution in [0.15, 0.2) is 36.7 Å². The summed E-state index contributed by atoms with van der Waals surface area (Å²) in [6.07, 6.45) is 2.41. The van der Waals surface area contributed by atoms with Gasteiger partial charge in [0.15, 0.2) is 0 Å². The number of amides is 1. The fourth-order valence-corrected chi connectivity index (χ4v) is 2.44. The zero-order valence-corrected chi connectivity index (χ0v) is 16.3. The van der Waals surface area contributed by atoms with Crippen molar-refractivity contribution in [3.63, 3.8) is 0 Å². The van der Waals surface area contributed by atoms with Crippen LogP contribution >= 0.6 is 0 Å². The Morgan fingerprint density at radius 3 is 2.42 bits per heavy atom. The summed E-state index contributed by atoms with van der Waals surface area (Å²) in [6, 6.07) is 9.58. The van der Waals surface area contributed by atoms with E-state index in [0.29, 0.717) is 11.5 Å². The maximum absolute atomic E-state index is 12.4. The Bertz CT molecular complexity index is 720. The van der Waals surface area contributed by atoms with E-state index in [1.54, 1.807) is 6.07 Å². The fraction of sp³-hybridized carbons (Fsp3) is 0.450. The van der Waals surface area contributed by atoms with Crippen molar-refractivity contribution < 1.29 is 4.79 Å². The van der Waals surface area contributed by atoms with Gasteiger partial charge >= 0.3 is 0 Å². The van der Waals surface area contributed by atoms with Crippen molar-refractivity contribution in [3.05, 3.63) is 47.9 Å². The first-order valence-corrected chi connectivity index (χ1v) is 8.88. The molecule has 2 rings (SSSR count). The standard InChI is InChI=1S/C20H29N5O/c1-20(2,3)15-7-9-16(10-8-15)24-19(26)17-13-18(23-14-22-17)21-11-6-12-25(4)5/h7-10,13-14H,6,11-12H2,1-5H3,(H,24,26)(H,21,22,23). The highest BCUT2D eigenvalue weighted by molar-refractivity contribution is 6.03. The van der Waals surface area contributed by atoms with Crippen LogP contribution in [0.25, 0.3) is 0 Å². The maximum atomic E-state index is 12.4. The van der Waals surface area contributed by atoms with Gasteiger partial charge in [0.1, 0.15) is 17.8 Å². The third kappa shape index (κ3) is 6.11. The SMILES string of the molecule is CN(C)CCCNc1cc(C(=O)Nc2ccc(C(C)(C)C)cc2)ncn1. The molecular weight excluding hydrogens is 326 g/mol. The predicted octanol–water partition coefficient (Wildman–Crippen LogP) is 3.39. The number of hydrogen-bond donors (Lipinski definition) is 2. The second-order valence-corrected chi connectivity index (χ2v) is 7.65. The maximum Gasteiger partial charge on any atom is 0.274 e. The number of hydrogen-bond acceptors (Lipinski definition) is 5. The van der Waals surface area contributed by atoms with Crippen molar-refractivity contribution in [2.45, 2.75) is 32.6 Å². The van der Waals surface area contributed by atoms with E-state index in [9.17, 15) is 4.79 Å². The largest absolute Gasteiger partial charge is 0.370 e. The van der Waals surface area contributed by atoms with E-state index >= 15 is 0 Å². The summed E-state index contributed by atoms with van der Waals surface area (Å²) in [4.78, 5) is 22.8. The molecule has 6 heteroatoms. The highest BCUT2D eigenvalue weighted by atomic mass is 16.1. The molecule has 1 heterocycles. The Kier molecular flexibility index (Phi) is 6.69. The number of rotatable bonds is 7. The van der Waals surface area contributed by atoms with E-state index in [2.05, 4.69) is 46.3 Å². The van der Waals surface area contributed by atoms with Crippen molar-refractivity contribution in [2.24, 2.45) is 0 Å². The minimum atomic E-state index is -0.243. The Hall–Kier alpha value is -2.47. The molecule has 1 aromatic heterocycles. The minimum absolute atomic E-state index is 0.0857. The zero-order valence-electron chi connectivity index (χ0n) is 16.3. The first-order valence-electron chi connectivity index (χ1n) is 8.88. The fourth-order valence-electron chi connectivity index (χ4n) is 2.44. The van der Waals surface area contributed by atoms with Gasteiger partial charge in [-0.15, -0.1) is 0 Å². The van der Waals surface area contributed by atoms with E-state index in [4.69, 9.17) is 0 Å². The Morgan fingerprint density at radius 2 is 1.81 bits per heavy atom. The Morgan fingerprint density at radius 1 is 1.12 bits per heavy atom. The van der Waals surface area contributed by atoms with Gasteiger partial charge in [0.05, 0.1) is 0 Å². The van der Waals surface area contributed by atoms with Gasteiger partial charge in [-0.2, -0.15) is 0 Å².